The minimum Gasteiger partial charge on any atom is -0.368 e. The number of aliphatic hydroxyl groups excluding tert-OH is 1. The maximum atomic E-state index is 9.80. The molecule has 2 nitrogen and oxygen atoms in total. The molecule has 0 aliphatic heterocycles. The Morgan fingerprint density at radius 2 is 1.56 bits per heavy atom. The molecule has 2 atom stereocenters. The van der Waals surface area contributed by atoms with E-state index in [9.17, 15) is 5.11 Å². The Morgan fingerprint density at radius 3 is 2.11 bits per heavy atom. The Bertz CT molecular complexity index is 221. The monoisotopic (exact) mass is 254 g/mol. The van der Waals surface area contributed by atoms with Crippen LogP contribution in [0.1, 0.15) is 65.7 Å². The highest BCUT2D eigenvalue weighted by atomic mass is 16.6. The highest BCUT2D eigenvalue weighted by Gasteiger charge is 2.11. The average Bonchev–Trinajstić information content (AvgIpc) is 2.36. The van der Waals surface area contributed by atoms with Crippen molar-refractivity contribution in [2.45, 2.75) is 78.1 Å². The van der Waals surface area contributed by atoms with Gasteiger partial charge < -0.3 is 9.84 Å². The minimum absolute atomic E-state index is 0.151. The van der Waals surface area contributed by atoms with Crippen molar-refractivity contribution in [3.05, 3.63) is 24.3 Å². The van der Waals surface area contributed by atoms with Gasteiger partial charge in [-0.3, -0.25) is 0 Å². The summed E-state index contributed by atoms with van der Waals surface area (Å²) in [5.41, 5.74) is 0. The van der Waals surface area contributed by atoms with Gasteiger partial charge in [-0.1, -0.05) is 57.9 Å². The van der Waals surface area contributed by atoms with Crippen LogP contribution in [0, 0.1) is 0 Å². The minimum atomic E-state index is -0.662. The van der Waals surface area contributed by atoms with Gasteiger partial charge in [0, 0.05) is 6.42 Å². The first-order chi connectivity index (χ1) is 8.74. The van der Waals surface area contributed by atoms with Crippen LogP contribution in [0.5, 0.6) is 0 Å². The second-order valence-electron chi connectivity index (χ2n) is 4.59. The summed E-state index contributed by atoms with van der Waals surface area (Å²) in [6.07, 6.45) is 14.8. The lowest BCUT2D eigenvalue weighted by Crippen LogP contribution is -2.21. The Hall–Kier alpha value is -0.600. The van der Waals surface area contributed by atoms with Gasteiger partial charge in [-0.2, -0.15) is 0 Å². The van der Waals surface area contributed by atoms with Crippen LogP contribution >= 0.6 is 0 Å². The summed E-state index contributed by atoms with van der Waals surface area (Å²) in [7, 11) is 0. The van der Waals surface area contributed by atoms with Gasteiger partial charge in [-0.15, -0.1) is 0 Å². The van der Waals surface area contributed by atoms with Crippen LogP contribution in [0.3, 0.4) is 0 Å². The maximum absolute atomic E-state index is 9.80. The lowest BCUT2D eigenvalue weighted by Gasteiger charge is -2.19. The predicted octanol–water partition coefficient (Wildman–Crippen LogP) is 4.59. The normalized spacial score (nSPS) is 15.6. The van der Waals surface area contributed by atoms with E-state index in [0.717, 1.165) is 32.1 Å². The van der Waals surface area contributed by atoms with E-state index in [-0.39, 0.29) is 6.10 Å². The fraction of sp³-hybridized carbons (Fsp3) is 0.750. The van der Waals surface area contributed by atoms with Crippen molar-refractivity contribution in [2.75, 3.05) is 0 Å². The Kier molecular flexibility index (Phi) is 12.4. The van der Waals surface area contributed by atoms with Crippen LogP contribution in [0.4, 0.5) is 0 Å². The second kappa shape index (κ2) is 12.8. The second-order valence-corrected chi connectivity index (χ2v) is 4.59. The van der Waals surface area contributed by atoms with E-state index in [4.69, 9.17) is 4.74 Å². The summed E-state index contributed by atoms with van der Waals surface area (Å²) in [6.45, 7) is 6.39. The smallest absolute Gasteiger partial charge is 0.158 e. The topological polar surface area (TPSA) is 29.5 Å². The molecule has 0 aromatic heterocycles. The van der Waals surface area contributed by atoms with Gasteiger partial charge in [0.15, 0.2) is 6.29 Å². The number of ether oxygens (including phenoxy) is 1. The van der Waals surface area contributed by atoms with Gasteiger partial charge in [0.1, 0.15) is 0 Å². The van der Waals surface area contributed by atoms with Gasteiger partial charge in [-0.25, -0.2) is 0 Å². The summed E-state index contributed by atoms with van der Waals surface area (Å²) < 4.78 is 5.70. The zero-order valence-electron chi connectivity index (χ0n) is 12.3. The van der Waals surface area contributed by atoms with Crippen molar-refractivity contribution in [3.8, 4) is 0 Å². The summed E-state index contributed by atoms with van der Waals surface area (Å²) in [5.74, 6) is 0. The quantitative estimate of drug-likeness (QED) is 0.431. The van der Waals surface area contributed by atoms with Crippen molar-refractivity contribution in [1.29, 1.82) is 0 Å². The molecule has 1 N–H and O–H groups in total. The molecule has 0 saturated carbocycles. The third-order valence-electron chi connectivity index (χ3n) is 2.77. The van der Waals surface area contributed by atoms with Gasteiger partial charge >= 0.3 is 0 Å². The van der Waals surface area contributed by atoms with E-state index < -0.39 is 6.29 Å². The molecular weight excluding hydrogens is 224 g/mol. The van der Waals surface area contributed by atoms with Crippen molar-refractivity contribution in [1.82, 2.24) is 0 Å². The predicted molar refractivity (Wildman–Crippen MR) is 78.5 cm³/mol. The van der Waals surface area contributed by atoms with Crippen LogP contribution < -0.4 is 0 Å². The van der Waals surface area contributed by atoms with Gasteiger partial charge in [0.2, 0.25) is 0 Å². The Labute approximate surface area is 113 Å². The third-order valence-corrected chi connectivity index (χ3v) is 2.77. The average molecular weight is 254 g/mol. The molecule has 0 bridgehead atoms. The summed E-state index contributed by atoms with van der Waals surface area (Å²) in [6, 6.07) is 0. The first-order valence-corrected chi connectivity index (χ1v) is 7.38. The molecule has 0 aromatic rings. The molecule has 2 heteroatoms. The summed E-state index contributed by atoms with van der Waals surface area (Å²) in [5, 5.41) is 9.80. The first kappa shape index (κ1) is 17.4. The molecule has 0 heterocycles. The molecule has 0 radical (unpaired) electrons. The molecule has 0 spiro atoms. The van der Waals surface area contributed by atoms with E-state index in [1.54, 1.807) is 0 Å². The van der Waals surface area contributed by atoms with Crippen molar-refractivity contribution in [2.24, 2.45) is 0 Å². The van der Waals surface area contributed by atoms with Crippen LogP contribution in [-0.4, -0.2) is 17.5 Å². The zero-order valence-corrected chi connectivity index (χ0v) is 12.3. The van der Waals surface area contributed by atoms with Crippen molar-refractivity contribution in [3.63, 3.8) is 0 Å². The molecule has 18 heavy (non-hydrogen) atoms. The standard InChI is InChI=1S/C16H30O2/c1-4-7-10-13-15(12-9-6-3)18-16(17)14-11-8-5-2/h7-8,10-11,15-17H,4-6,9,12-14H2,1-3H3. The number of rotatable bonds is 11. The Morgan fingerprint density at radius 1 is 0.944 bits per heavy atom. The van der Waals surface area contributed by atoms with Crippen molar-refractivity contribution < 1.29 is 9.84 Å². The molecule has 0 saturated heterocycles. The van der Waals surface area contributed by atoms with E-state index >= 15 is 0 Å². The highest BCUT2D eigenvalue weighted by molar-refractivity contribution is 4.84. The zero-order chi connectivity index (χ0) is 13.6. The molecule has 0 aromatic carbocycles. The number of allylic oxidation sites excluding steroid dienone is 2. The van der Waals surface area contributed by atoms with Crippen LogP contribution in [0.25, 0.3) is 0 Å². The maximum Gasteiger partial charge on any atom is 0.158 e. The largest absolute Gasteiger partial charge is 0.368 e. The number of aliphatic hydroxyl groups is 1. The molecule has 106 valence electrons. The lowest BCUT2D eigenvalue weighted by atomic mass is 10.1. The molecule has 0 aliphatic rings. The molecule has 0 amide bonds. The number of hydrogen-bond donors (Lipinski definition) is 1. The number of unbranched alkanes of at least 4 members (excludes halogenated alkanes) is 1. The van der Waals surface area contributed by atoms with Gasteiger partial charge in [0.05, 0.1) is 6.10 Å². The number of hydrogen-bond acceptors (Lipinski definition) is 2. The van der Waals surface area contributed by atoms with Gasteiger partial charge in [-0.05, 0) is 25.7 Å². The van der Waals surface area contributed by atoms with E-state index in [1.165, 1.54) is 6.42 Å². The summed E-state index contributed by atoms with van der Waals surface area (Å²) in [4.78, 5) is 0. The molecule has 0 aliphatic carbocycles. The Balaban J connectivity index is 4.03. The molecule has 0 fully saturated rings. The fourth-order valence-electron chi connectivity index (χ4n) is 1.74. The van der Waals surface area contributed by atoms with E-state index in [0.29, 0.717) is 6.42 Å². The third kappa shape index (κ3) is 10.5. The SMILES string of the molecule is CCC=CCC(O)OC(CC=CCC)CCCC. The van der Waals surface area contributed by atoms with E-state index in [1.807, 2.05) is 6.08 Å². The highest BCUT2D eigenvalue weighted by Crippen LogP contribution is 2.13. The fourth-order valence-corrected chi connectivity index (χ4v) is 1.74. The first-order valence-electron chi connectivity index (χ1n) is 7.38. The molecule has 2 unspecified atom stereocenters. The van der Waals surface area contributed by atoms with Crippen LogP contribution in [-0.2, 0) is 4.74 Å². The van der Waals surface area contributed by atoms with Crippen LogP contribution in [0.2, 0.25) is 0 Å². The molecular formula is C16H30O2. The van der Waals surface area contributed by atoms with Crippen molar-refractivity contribution >= 4 is 0 Å². The lowest BCUT2D eigenvalue weighted by molar-refractivity contribution is -0.134. The molecule has 0 rings (SSSR count). The van der Waals surface area contributed by atoms with Gasteiger partial charge in [0.25, 0.3) is 0 Å². The van der Waals surface area contributed by atoms with Crippen LogP contribution in [0.15, 0.2) is 24.3 Å². The van der Waals surface area contributed by atoms with E-state index in [2.05, 4.69) is 39.0 Å². The summed E-state index contributed by atoms with van der Waals surface area (Å²) >= 11 is 0.